The minimum absolute atomic E-state index is 0.0651. The molecule has 0 aromatic carbocycles. The number of nitrogens with zero attached hydrogens (tertiary/aromatic N) is 3. The summed E-state index contributed by atoms with van der Waals surface area (Å²) in [5.74, 6) is 1.93. The largest absolute Gasteiger partial charge is 0.357 e. The Balaban J connectivity index is 1.46. The molecule has 0 aliphatic carbocycles. The number of piperidine rings is 1. The van der Waals surface area contributed by atoms with E-state index in [1.54, 1.807) is 0 Å². The van der Waals surface area contributed by atoms with E-state index < -0.39 is 0 Å². The number of anilines is 1. The Labute approximate surface area is 150 Å². The number of pyridine rings is 1. The van der Waals surface area contributed by atoms with Gasteiger partial charge < -0.3 is 14.8 Å². The maximum atomic E-state index is 12.1. The first-order valence-corrected chi connectivity index (χ1v) is 9.21. The van der Waals surface area contributed by atoms with Gasteiger partial charge in [0.2, 0.25) is 5.91 Å². The highest BCUT2D eigenvalue weighted by atomic mass is 16.1. The second-order valence-electron chi connectivity index (χ2n) is 7.15. The Bertz CT molecular complexity index is 658. The first kappa shape index (κ1) is 17.5. The lowest BCUT2D eigenvalue weighted by Gasteiger charge is -2.31. The van der Waals surface area contributed by atoms with Crippen molar-refractivity contribution in [2.45, 2.75) is 45.7 Å². The van der Waals surface area contributed by atoms with Gasteiger partial charge in [-0.15, -0.1) is 0 Å². The highest BCUT2D eigenvalue weighted by Crippen LogP contribution is 2.21. The Morgan fingerprint density at radius 1 is 1.28 bits per heavy atom. The molecule has 1 aliphatic heterocycles. The lowest BCUT2D eigenvalue weighted by molar-refractivity contribution is -0.121. The summed E-state index contributed by atoms with van der Waals surface area (Å²) in [5.41, 5.74) is 1.04. The van der Waals surface area contributed by atoms with Crippen LogP contribution in [0.15, 0.2) is 42.9 Å². The van der Waals surface area contributed by atoms with Crippen LogP contribution < -0.4 is 10.2 Å². The maximum absolute atomic E-state index is 12.1. The molecule has 0 saturated carbocycles. The number of carbonyl (C=O) groups is 1. The van der Waals surface area contributed by atoms with Gasteiger partial charge in [-0.2, -0.15) is 0 Å². The molecule has 5 nitrogen and oxygen atoms in total. The summed E-state index contributed by atoms with van der Waals surface area (Å²) in [4.78, 5) is 19.0. The molecule has 1 amide bonds. The normalized spacial score (nSPS) is 16.6. The number of amides is 1. The van der Waals surface area contributed by atoms with Gasteiger partial charge in [-0.3, -0.25) is 4.79 Å². The quantitative estimate of drug-likeness (QED) is 0.877. The topological polar surface area (TPSA) is 50.2 Å². The number of carbonyl (C=O) groups excluding carboxylic acids is 1. The molecular weight excluding hydrogens is 312 g/mol. The molecule has 1 atom stereocenters. The predicted molar refractivity (Wildman–Crippen MR) is 100 cm³/mol. The molecule has 3 rings (SSSR count). The molecule has 0 bridgehead atoms. The smallest absolute Gasteiger partial charge is 0.222 e. The molecule has 134 valence electrons. The van der Waals surface area contributed by atoms with Crippen molar-refractivity contribution in [2.24, 2.45) is 5.92 Å². The average molecular weight is 340 g/mol. The van der Waals surface area contributed by atoms with Crippen LogP contribution in [0.1, 0.15) is 44.7 Å². The van der Waals surface area contributed by atoms with Crippen LogP contribution in [0.3, 0.4) is 0 Å². The van der Waals surface area contributed by atoms with E-state index >= 15 is 0 Å². The van der Waals surface area contributed by atoms with Gasteiger partial charge in [-0.05, 0) is 49.4 Å². The first-order valence-electron chi connectivity index (χ1n) is 9.21. The molecule has 1 saturated heterocycles. The van der Waals surface area contributed by atoms with E-state index in [-0.39, 0.29) is 11.9 Å². The van der Waals surface area contributed by atoms with Crippen molar-refractivity contribution in [1.29, 1.82) is 0 Å². The van der Waals surface area contributed by atoms with E-state index in [4.69, 9.17) is 0 Å². The maximum Gasteiger partial charge on any atom is 0.222 e. The zero-order chi connectivity index (χ0) is 17.6. The highest BCUT2D eigenvalue weighted by molar-refractivity contribution is 5.76. The summed E-state index contributed by atoms with van der Waals surface area (Å²) >= 11 is 0. The zero-order valence-corrected chi connectivity index (χ0v) is 15.2. The van der Waals surface area contributed by atoms with Crippen molar-refractivity contribution in [2.75, 3.05) is 18.0 Å². The molecule has 0 radical (unpaired) electrons. The number of rotatable bonds is 6. The van der Waals surface area contributed by atoms with Crippen LogP contribution in [-0.2, 0) is 11.3 Å². The van der Waals surface area contributed by atoms with E-state index in [0.717, 1.165) is 30.4 Å². The molecule has 3 heterocycles. The summed E-state index contributed by atoms with van der Waals surface area (Å²) in [7, 11) is 0. The monoisotopic (exact) mass is 340 g/mol. The molecule has 25 heavy (non-hydrogen) atoms. The van der Waals surface area contributed by atoms with E-state index in [0.29, 0.717) is 13.0 Å². The van der Waals surface area contributed by atoms with E-state index in [1.807, 2.05) is 30.7 Å². The Morgan fingerprint density at radius 2 is 2.00 bits per heavy atom. The van der Waals surface area contributed by atoms with Crippen molar-refractivity contribution in [3.8, 4) is 0 Å². The van der Waals surface area contributed by atoms with Crippen molar-refractivity contribution in [1.82, 2.24) is 14.9 Å². The summed E-state index contributed by atoms with van der Waals surface area (Å²) in [6.07, 6.45) is 8.80. The van der Waals surface area contributed by atoms with Crippen LogP contribution in [0.4, 0.5) is 5.82 Å². The van der Waals surface area contributed by atoms with Crippen LogP contribution >= 0.6 is 0 Å². The van der Waals surface area contributed by atoms with Crippen LogP contribution in [-0.4, -0.2) is 28.5 Å². The number of hydrogen-bond acceptors (Lipinski definition) is 3. The molecule has 0 spiro atoms. The molecule has 2 aromatic heterocycles. The molecule has 1 fully saturated rings. The zero-order valence-electron chi connectivity index (χ0n) is 15.2. The van der Waals surface area contributed by atoms with Gasteiger partial charge in [0.05, 0.1) is 0 Å². The van der Waals surface area contributed by atoms with Gasteiger partial charge in [0.25, 0.3) is 0 Å². The molecular formula is C20H28N4O. The van der Waals surface area contributed by atoms with Crippen molar-refractivity contribution >= 4 is 11.7 Å². The fourth-order valence-electron chi connectivity index (χ4n) is 3.23. The second kappa shape index (κ2) is 8.19. The van der Waals surface area contributed by atoms with Gasteiger partial charge in [0, 0.05) is 50.7 Å². The lowest BCUT2D eigenvalue weighted by Crippen LogP contribution is -2.33. The second-order valence-corrected chi connectivity index (χ2v) is 7.15. The van der Waals surface area contributed by atoms with Crippen LogP contribution in [0.25, 0.3) is 0 Å². The van der Waals surface area contributed by atoms with E-state index in [9.17, 15) is 4.79 Å². The number of nitrogens with one attached hydrogen (secondary N) is 1. The van der Waals surface area contributed by atoms with Gasteiger partial charge in [0.1, 0.15) is 5.82 Å². The predicted octanol–water partition coefficient (Wildman–Crippen LogP) is 3.39. The Kier molecular flexibility index (Phi) is 5.74. The summed E-state index contributed by atoms with van der Waals surface area (Å²) in [6, 6.07) is 8.25. The van der Waals surface area contributed by atoms with Gasteiger partial charge >= 0.3 is 0 Å². The molecule has 5 heteroatoms. The SMILES string of the molecule is CC1CCN(c2ccc(CNC(=O)C[C@@H](C)n3cccc3)cn2)CC1. The minimum atomic E-state index is 0.0651. The Morgan fingerprint density at radius 3 is 2.64 bits per heavy atom. The van der Waals surface area contributed by atoms with Gasteiger partial charge in [-0.25, -0.2) is 4.98 Å². The molecule has 0 unspecified atom stereocenters. The first-order chi connectivity index (χ1) is 12.1. The van der Waals surface area contributed by atoms with Crippen molar-refractivity contribution in [3.63, 3.8) is 0 Å². The highest BCUT2D eigenvalue weighted by Gasteiger charge is 2.16. The number of hydrogen-bond donors (Lipinski definition) is 1. The fraction of sp³-hybridized carbons (Fsp3) is 0.500. The Hall–Kier alpha value is -2.30. The van der Waals surface area contributed by atoms with Crippen molar-refractivity contribution in [3.05, 3.63) is 48.4 Å². The summed E-state index contributed by atoms with van der Waals surface area (Å²) in [5, 5.41) is 2.99. The van der Waals surface area contributed by atoms with Gasteiger partial charge in [-0.1, -0.05) is 13.0 Å². The van der Waals surface area contributed by atoms with Gasteiger partial charge in [0.15, 0.2) is 0 Å². The molecule has 2 aromatic rings. The summed E-state index contributed by atoms with van der Waals surface area (Å²) < 4.78 is 2.05. The third kappa shape index (κ3) is 4.84. The minimum Gasteiger partial charge on any atom is -0.357 e. The third-order valence-corrected chi connectivity index (χ3v) is 5.02. The van der Waals surface area contributed by atoms with Crippen LogP contribution in [0.2, 0.25) is 0 Å². The van der Waals surface area contributed by atoms with Crippen LogP contribution in [0.5, 0.6) is 0 Å². The van der Waals surface area contributed by atoms with E-state index in [1.165, 1.54) is 12.8 Å². The standard InChI is InChI=1S/C20H28N4O/c1-16-7-11-24(12-8-16)19-6-5-18(14-21-19)15-22-20(25)13-17(2)23-9-3-4-10-23/h3-6,9-10,14,16-17H,7-8,11-13,15H2,1-2H3,(H,22,25)/t17-/m1/s1. The lowest BCUT2D eigenvalue weighted by atomic mass is 9.99. The van der Waals surface area contributed by atoms with E-state index in [2.05, 4.69) is 45.7 Å². The van der Waals surface area contributed by atoms with Crippen LogP contribution in [0, 0.1) is 5.92 Å². The fourth-order valence-corrected chi connectivity index (χ4v) is 3.23. The third-order valence-electron chi connectivity index (χ3n) is 5.02. The average Bonchev–Trinajstić information content (AvgIpc) is 3.16. The summed E-state index contributed by atoms with van der Waals surface area (Å²) in [6.45, 7) is 7.06. The molecule has 1 N–H and O–H groups in total. The molecule has 1 aliphatic rings. The van der Waals surface area contributed by atoms with Crippen molar-refractivity contribution < 1.29 is 4.79 Å². The number of aromatic nitrogens is 2.